The summed E-state index contributed by atoms with van der Waals surface area (Å²) in [6.45, 7) is 0. The lowest BCUT2D eigenvalue weighted by Crippen LogP contribution is -2.08. The smallest absolute Gasteiger partial charge is 0.180 e. The Labute approximate surface area is 47.9 Å². The molecule has 0 fully saturated rings. The first-order chi connectivity index (χ1) is 3.72. The first-order valence-corrected chi connectivity index (χ1v) is 1.81. The van der Waals surface area contributed by atoms with Crippen molar-refractivity contribution in [3.63, 3.8) is 0 Å². The van der Waals surface area contributed by atoms with Crippen LogP contribution in [0.1, 0.15) is 0 Å². The number of nitriles is 2. The topological polar surface area (TPSA) is 64.7 Å². The van der Waals surface area contributed by atoms with Crippen molar-refractivity contribution >= 4 is 13.5 Å². The van der Waals surface area contributed by atoms with E-state index in [2.05, 4.69) is 7.85 Å². The molecule has 0 aromatic carbocycles. The summed E-state index contributed by atoms with van der Waals surface area (Å²) in [5, 5.41) is 15.8. The Bertz CT molecular complexity index is 161. The van der Waals surface area contributed by atoms with Crippen molar-refractivity contribution in [1.29, 1.82) is 10.5 Å². The summed E-state index contributed by atoms with van der Waals surface area (Å²) in [6.07, 6.45) is 0. The standard InChI is InChI=1S/C4HBN2O/c5-4(8)3(1-6)2-7/h3H. The summed E-state index contributed by atoms with van der Waals surface area (Å²) in [5.74, 6) is -1.30. The highest BCUT2D eigenvalue weighted by molar-refractivity contribution is 6.58. The molecule has 0 aromatic rings. The van der Waals surface area contributed by atoms with Crippen molar-refractivity contribution in [2.75, 3.05) is 0 Å². The van der Waals surface area contributed by atoms with Crippen molar-refractivity contribution in [3.8, 4) is 12.1 Å². The minimum absolute atomic E-state index is 0.894. The molecule has 0 saturated heterocycles. The van der Waals surface area contributed by atoms with E-state index in [1.54, 1.807) is 0 Å². The van der Waals surface area contributed by atoms with E-state index in [1.807, 2.05) is 0 Å². The van der Waals surface area contributed by atoms with Gasteiger partial charge in [-0.05, 0) is 0 Å². The van der Waals surface area contributed by atoms with Gasteiger partial charge in [-0.15, -0.1) is 0 Å². The van der Waals surface area contributed by atoms with Gasteiger partial charge >= 0.3 is 0 Å². The van der Waals surface area contributed by atoms with Gasteiger partial charge in [-0.3, -0.25) is 0 Å². The third-order valence-electron chi connectivity index (χ3n) is 0.543. The molecule has 4 heteroatoms. The second-order valence-electron chi connectivity index (χ2n) is 1.09. The van der Waals surface area contributed by atoms with E-state index in [4.69, 9.17) is 10.5 Å². The summed E-state index contributed by atoms with van der Waals surface area (Å²) in [6, 6.07) is 2.83. The van der Waals surface area contributed by atoms with Crippen LogP contribution in [-0.2, 0) is 4.79 Å². The van der Waals surface area contributed by atoms with E-state index in [1.165, 1.54) is 12.1 Å². The van der Waals surface area contributed by atoms with Crippen molar-refractivity contribution < 1.29 is 4.79 Å². The van der Waals surface area contributed by atoms with Gasteiger partial charge in [0.1, 0.15) is 5.68 Å². The number of hydrogen-bond donors (Lipinski definition) is 0. The van der Waals surface area contributed by atoms with Gasteiger partial charge in [0.05, 0.1) is 12.1 Å². The molecule has 0 rings (SSSR count). The molecule has 0 saturated carbocycles. The van der Waals surface area contributed by atoms with Crippen LogP contribution in [0.3, 0.4) is 0 Å². The molecule has 0 aromatic heterocycles. The summed E-state index contributed by atoms with van der Waals surface area (Å²) in [7, 11) is 4.57. The number of nitrogens with zero attached hydrogens (tertiary/aromatic N) is 2. The zero-order valence-corrected chi connectivity index (χ0v) is 3.96. The first kappa shape index (κ1) is 6.71. The van der Waals surface area contributed by atoms with Crippen LogP contribution in [0.5, 0.6) is 0 Å². The van der Waals surface area contributed by atoms with Crippen molar-refractivity contribution in [2.24, 2.45) is 5.92 Å². The molecule has 0 atom stereocenters. The summed E-state index contributed by atoms with van der Waals surface area (Å²) >= 11 is 0. The Morgan fingerprint density at radius 3 is 1.88 bits per heavy atom. The molecule has 0 amide bonds. The van der Waals surface area contributed by atoms with Crippen molar-refractivity contribution in [1.82, 2.24) is 0 Å². The van der Waals surface area contributed by atoms with E-state index in [0.717, 1.165) is 0 Å². The van der Waals surface area contributed by atoms with E-state index >= 15 is 0 Å². The fraction of sp³-hybridized carbons (Fsp3) is 0.250. The van der Waals surface area contributed by atoms with Gasteiger partial charge in [0.2, 0.25) is 0 Å². The van der Waals surface area contributed by atoms with Crippen LogP contribution < -0.4 is 0 Å². The quantitative estimate of drug-likeness (QED) is 0.415. The Hall–Kier alpha value is -1.29. The van der Waals surface area contributed by atoms with Gasteiger partial charge in [-0.1, -0.05) is 0 Å². The SMILES string of the molecule is [B]C(=O)C(C#N)C#N. The van der Waals surface area contributed by atoms with Crippen LogP contribution in [0.2, 0.25) is 0 Å². The van der Waals surface area contributed by atoms with E-state index in [0.29, 0.717) is 0 Å². The molecule has 0 spiro atoms. The summed E-state index contributed by atoms with van der Waals surface area (Å²) in [5.41, 5.74) is -0.894. The van der Waals surface area contributed by atoms with Gasteiger partial charge in [0.25, 0.3) is 0 Å². The Morgan fingerprint density at radius 1 is 1.50 bits per heavy atom. The van der Waals surface area contributed by atoms with Gasteiger partial charge < -0.3 is 4.79 Å². The average molecular weight is 104 g/mol. The number of carbonyl (C=O) groups is 1. The number of rotatable bonds is 1. The van der Waals surface area contributed by atoms with E-state index in [-0.39, 0.29) is 0 Å². The monoisotopic (exact) mass is 104 g/mol. The second-order valence-corrected chi connectivity index (χ2v) is 1.09. The Morgan fingerprint density at radius 2 is 1.88 bits per heavy atom. The van der Waals surface area contributed by atoms with Crippen LogP contribution in [-0.4, -0.2) is 13.5 Å². The molecule has 0 N–H and O–H groups in total. The maximum Gasteiger partial charge on any atom is 0.180 e. The molecule has 36 valence electrons. The lowest BCUT2D eigenvalue weighted by atomic mass is 9.91. The largest absolute Gasteiger partial charge is 0.310 e. The molecule has 0 heterocycles. The van der Waals surface area contributed by atoms with Crippen molar-refractivity contribution in [2.45, 2.75) is 0 Å². The number of hydrogen-bond acceptors (Lipinski definition) is 3. The molecule has 0 aliphatic rings. The van der Waals surface area contributed by atoms with Crippen LogP contribution >= 0.6 is 0 Å². The zero-order valence-electron chi connectivity index (χ0n) is 3.96. The van der Waals surface area contributed by atoms with Crippen LogP contribution in [0.4, 0.5) is 0 Å². The highest BCUT2D eigenvalue weighted by Gasteiger charge is 2.08. The van der Waals surface area contributed by atoms with Gasteiger partial charge in [-0.2, -0.15) is 10.5 Å². The van der Waals surface area contributed by atoms with Crippen LogP contribution in [0, 0.1) is 28.6 Å². The number of carbonyl (C=O) groups excluding carboxylic acids is 1. The average Bonchev–Trinajstić information content (AvgIpc) is 1.69. The van der Waals surface area contributed by atoms with Crippen molar-refractivity contribution in [3.05, 3.63) is 0 Å². The molecule has 0 bridgehead atoms. The van der Waals surface area contributed by atoms with Crippen LogP contribution in [0.25, 0.3) is 0 Å². The highest BCUT2D eigenvalue weighted by atomic mass is 16.1. The minimum atomic E-state index is -1.30. The predicted molar refractivity (Wildman–Crippen MR) is 25.5 cm³/mol. The maximum atomic E-state index is 9.94. The fourth-order valence-electron chi connectivity index (χ4n) is 0.156. The fourth-order valence-corrected chi connectivity index (χ4v) is 0.156. The third-order valence-corrected chi connectivity index (χ3v) is 0.543. The predicted octanol–water partition coefficient (Wildman–Crippen LogP) is -0.655. The molecule has 3 nitrogen and oxygen atoms in total. The molecule has 2 radical (unpaired) electrons. The molecule has 0 unspecified atom stereocenters. The lowest BCUT2D eigenvalue weighted by Gasteiger charge is -1.85. The van der Waals surface area contributed by atoms with E-state index < -0.39 is 11.6 Å². The summed E-state index contributed by atoms with van der Waals surface area (Å²) in [4.78, 5) is 9.94. The normalized spacial score (nSPS) is 7.38. The summed E-state index contributed by atoms with van der Waals surface area (Å²) < 4.78 is 0. The molecular weight excluding hydrogens is 103 g/mol. The van der Waals surface area contributed by atoms with Gasteiger partial charge in [0, 0.05) is 0 Å². The Balaban J connectivity index is 4.02. The molecular formula is C4HBN2O. The first-order valence-electron chi connectivity index (χ1n) is 1.81. The van der Waals surface area contributed by atoms with E-state index in [9.17, 15) is 4.79 Å². The van der Waals surface area contributed by atoms with Crippen LogP contribution in [0.15, 0.2) is 0 Å². The minimum Gasteiger partial charge on any atom is -0.310 e. The van der Waals surface area contributed by atoms with Gasteiger partial charge in [-0.25, -0.2) is 0 Å². The maximum absolute atomic E-state index is 9.94. The Kier molecular flexibility index (Phi) is 2.36. The third kappa shape index (κ3) is 1.44. The molecule has 0 aliphatic heterocycles. The molecule has 0 aliphatic carbocycles. The lowest BCUT2D eigenvalue weighted by molar-refractivity contribution is -0.112. The zero-order chi connectivity index (χ0) is 6.57. The van der Waals surface area contributed by atoms with Gasteiger partial charge in [0.15, 0.2) is 13.8 Å². The highest BCUT2D eigenvalue weighted by Crippen LogP contribution is 1.87. The second kappa shape index (κ2) is 2.82. The molecule has 8 heavy (non-hydrogen) atoms.